The van der Waals surface area contributed by atoms with Crippen LogP contribution in [-0.2, 0) is 16.6 Å². The van der Waals surface area contributed by atoms with E-state index < -0.39 is 10.0 Å². The Balaban J connectivity index is 2.41. The van der Waals surface area contributed by atoms with Gasteiger partial charge in [-0.2, -0.15) is 13.5 Å². The molecule has 0 aliphatic heterocycles. The van der Waals surface area contributed by atoms with Crippen LogP contribution in [0.3, 0.4) is 0 Å². The van der Waals surface area contributed by atoms with Gasteiger partial charge >= 0.3 is 0 Å². The lowest BCUT2D eigenvalue weighted by Gasteiger charge is -2.10. The van der Waals surface area contributed by atoms with Gasteiger partial charge in [-0.25, -0.2) is 0 Å². The molecule has 0 aliphatic carbocycles. The van der Waals surface area contributed by atoms with Gasteiger partial charge in [-0.3, -0.25) is 9.82 Å². The van der Waals surface area contributed by atoms with Gasteiger partial charge in [-0.15, -0.1) is 0 Å². The van der Waals surface area contributed by atoms with E-state index in [0.717, 1.165) is 0 Å². The van der Waals surface area contributed by atoms with Crippen molar-refractivity contribution in [1.29, 1.82) is 0 Å². The number of nitrogens with two attached hydrogens (primary N) is 1. The molecule has 1 aromatic heterocycles. The highest BCUT2D eigenvalue weighted by Crippen LogP contribution is 2.33. The van der Waals surface area contributed by atoms with Gasteiger partial charge in [0.1, 0.15) is 0 Å². The molecule has 0 unspecified atom stereocenters. The largest absolute Gasteiger partial charge is 0.326 e. The van der Waals surface area contributed by atoms with Crippen molar-refractivity contribution in [3.8, 4) is 0 Å². The first-order valence-electron chi connectivity index (χ1n) is 5.25. The summed E-state index contributed by atoms with van der Waals surface area (Å²) in [5.41, 5.74) is 5.91. The number of rotatable bonds is 4. The molecule has 6 nitrogen and oxygen atoms in total. The summed E-state index contributed by atoms with van der Waals surface area (Å²) in [5.74, 6) is 0. The molecule has 2 rings (SSSR count). The number of nitrogens with one attached hydrogen (secondary N) is 2. The first kappa shape index (κ1) is 15.4. The van der Waals surface area contributed by atoms with Gasteiger partial charge in [0.15, 0.2) is 5.03 Å². The molecule has 4 N–H and O–H groups in total. The average molecular weight is 356 g/mol. The Bertz CT molecular complexity index is 745. The topological polar surface area (TPSA) is 101 Å². The minimum absolute atomic E-state index is 0.0296. The monoisotopic (exact) mass is 354 g/mol. The minimum atomic E-state index is -3.90. The van der Waals surface area contributed by atoms with E-state index in [2.05, 4.69) is 14.9 Å². The molecule has 10 heteroatoms. The fourth-order valence-electron chi connectivity index (χ4n) is 1.47. The molecule has 2 aromatic rings. The van der Waals surface area contributed by atoms with Crippen molar-refractivity contribution in [2.75, 3.05) is 4.72 Å². The summed E-state index contributed by atoms with van der Waals surface area (Å²) in [4.78, 5) is 0. The fourth-order valence-corrected chi connectivity index (χ4v) is 3.34. The molecule has 0 fully saturated rings. The molecule has 0 atom stereocenters. The number of aromatic amines is 1. The number of sulfonamides is 1. The van der Waals surface area contributed by atoms with Crippen LogP contribution in [-0.4, -0.2) is 18.6 Å². The maximum absolute atomic E-state index is 12.2. The van der Waals surface area contributed by atoms with Gasteiger partial charge in [0.25, 0.3) is 10.0 Å². The number of halogens is 3. The van der Waals surface area contributed by atoms with Crippen molar-refractivity contribution in [2.24, 2.45) is 5.73 Å². The second-order valence-electron chi connectivity index (χ2n) is 3.78. The van der Waals surface area contributed by atoms with Gasteiger partial charge in [0.2, 0.25) is 0 Å². The van der Waals surface area contributed by atoms with Gasteiger partial charge in [0, 0.05) is 12.1 Å². The van der Waals surface area contributed by atoms with Gasteiger partial charge < -0.3 is 5.73 Å². The average Bonchev–Trinajstić information content (AvgIpc) is 2.84. The molecule has 0 saturated heterocycles. The zero-order chi connectivity index (χ0) is 14.9. The quantitative estimate of drug-likeness (QED) is 0.734. The normalized spacial score (nSPS) is 11.6. The van der Waals surface area contributed by atoms with Crippen LogP contribution in [0.2, 0.25) is 15.1 Å². The third-order valence-corrected chi connectivity index (χ3v) is 4.84. The summed E-state index contributed by atoms with van der Waals surface area (Å²) >= 11 is 17.5. The van der Waals surface area contributed by atoms with E-state index in [-0.39, 0.29) is 32.3 Å². The van der Waals surface area contributed by atoms with Gasteiger partial charge in [0.05, 0.1) is 27.0 Å². The molecule has 1 aromatic carbocycles. The molecule has 0 bridgehead atoms. The van der Waals surface area contributed by atoms with Crippen LogP contribution < -0.4 is 10.5 Å². The molecular weight excluding hydrogens is 347 g/mol. The summed E-state index contributed by atoms with van der Waals surface area (Å²) in [7, 11) is -3.90. The van der Waals surface area contributed by atoms with E-state index in [9.17, 15) is 8.42 Å². The molecule has 0 saturated carbocycles. The molecule has 20 heavy (non-hydrogen) atoms. The standard InChI is InChI=1S/C10H9Cl3N4O2S/c11-6-1-8(13)9(2-7(6)12)17-20(18,19)10-5(3-14)4-15-16-10/h1-2,4,17H,3,14H2,(H,15,16). The maximum Gasteiger partial charge on any atom is 0.279 e. The van der Waals surface area contributed by atoms with Crippen LogP contribution >= 0.6 is 34.8 Å². The minimum Gasteiger partial charge on any atom is -0.326 e. The number of anilines is 1. The van der Waals surface area contributed by atoms with Crippen LogP contribution in [0.1, 0.15) is 5.56 Å². The molecule has 108 valence electrons. The van der Waals surface area contributed by atoms with Crippen molar-refractivity contribution in [2.45, 2.75) is 11.6 Å². The van der Waals surface area contributed by atoms with Crippen LogP contribution in [0.15, 0.2) is 23.4 Å². The Morgan fingerprint density at radius 2 is 1.85 bits per heavy atom. The Morgan fingerprint density at radius 1 is 1.20 bits per heavy atom. The van der Waals surface area contributed by atoms with Gasteiger partial charge in [-0.1, -0.05) is 34.8 Å². The highest BCUT2D eigenvalue weighted by molar-refractivity contribution is 7.92. The molecular formula is C10H9Cl3N4O2S. The van der Waals surface area contributed by atoms with Gasteiger partial charge in [-0.05, 0) is 12.1 Å². The lowest BCUT2D eigenvalue weighted by molar-refractivity contribution is 0.596. The summed E-state index contributed by atoms with van der Waals surface area (Å²) in [5, 5.41) is 6.43. The third kappa shape index (κ3) is 3.02. The number of aromatic nitrogens is 2. The first-order chi connectivity index (χ1) is 9.35. The van der Waals surface area contributed by atoms with Crippen LogP contribution in [0.25, 0.3) is 0 Å². The van der Waals surface area contributed by atoms with Crippen molar-refractivity contribution in [3.63, 3.8) is 0 Å². The summed E-state index contributed by atoms with van der Waals surface area (Å²) in [6.07, 6.45) is 1.34. The molecule has 0 aliphatic rings. The van der Waals surface area contributed by atoms with E-state index >= 15 is 0 Å². The van der Waals surface area contributed by atoms with E-state index in [0.29, 0.717) is 5.56 Å². The molecule has 0 spiro atoms. The SMILES string of the molecule is NCc1cn[nH]c1S(=O)(=O)Nc1cc(Cl)c(Cl)cc1Cl. The molecule has 0 amide bonds. The van der Waals surface area contributed by atoms with E-state index in [4.69, 9.17) is 40.5 Å². The Morgan fingerprint density at radius 3 is 2.50 bits per heavy atom. The zero-order valence-electron chi connectivity index (χ0n) is 9.82. The highest BCUT2D eigenvalue weighted by atomic mass is 35.5. The Kier molecular flexibility index (Phi) is 4.46. The summed E-state index contributed by atoms with van der Waals surface area (Å²) < 4.78 is 26.7. The number of benzene rings is 1. The lowest BCUT2D eigenvalue weighted by Crippen LogP contribution is -2.16. The van der Waals surface area contributed by atoms with Crippen molar-refractivity contribution in [1.82, 2.24) is 10.2 Å². The van der Waals surface area contributed by atoms with Crippen molar-refractivity contribution < 1.29 is 8.42 Å². The predicted molar refractivity (Wildman–Crippen MR) is 78.8 cm³/mol. The Hall–Kier alpha value is -0.990. The number of hydrogen-bond donors (Lipinski definition) is 3. The number of hydrogen-bond acceptors (Lipinski definition) is 4. The van der Waals surface area contributed by atoms with Crippen LogP contribution in [0, 0.1) is 0 Å². The highest BCUT2D eigenvalue weighted by Gasteiger charge is 2.21. The third-order valence-electron chi connectivity index (χ3n) is 2.42. The molecule has 1 heterocycles. The first-order valence-corrected chi connectivity index (χ1v) is 7.86. The van der Waals surface area contributed by atoms with Crippen LogP contribution in [0.4, 0.5) is 5.69 Å². The number of nitrogens with zero attached hydrogens (tertiary/aromatic N) is 1. The lowest BCUT2D eigenvalue weighted by atomic mass is 10.3. The smallest absolute Gasteiger partial charge is 0.279 e. The van der Waals surface area contributed by atoms with E-state index in [1.165, 1.54) is 18.3 Å². The van der Waals surface area contributed by atoms with Crippen LogP contribution in [0.5, 0.6) is 0 Å². The fraction of sp³-hybridized carbons (Fsp3) is 0.100. The number of H-pyrrole nitrogens is 1. The second-order valence-corrected chi connectivity index (χ2v) is 6.62. The van der Waals surface area contributed by atoms with Crippen molar-refractivity contribution >= 4 is 50.5 Å². The van der Waals surface area contributed by atoms with Crippen molar-refractivity contribution in [3.05, 3.63) is 39.0 Å². The summed E-state index contributed by atoms with van der Waals surface area (Å²) in [6.45, 7) is 0.0296. The predicted octanol–water partition coefficient (Wildman–Crippen LogP) is 2.63. The summed E-state index contributed by atoms with van der Waals surface area (Å²) in [6, 6.07) is 2.67. The Labute approximate surface area is 130 Å². The zero-order valence-corrected chi connectivity index (χ0v) is 12.9. The maximum atomic E-state index is 12.2. The molecule has 0 radical (unpaired) electrons. The van der Waals surface area contributed by atoms with E-state index in [1.54, 1.807) is 0 Å². The van der Waals surface area contributed by atoms with E-state index in [1.807, 2.05) is 0 Å². The second kappa shape index (κ2) is 5.79.